The van der Waals surface area contributed by atoms with Crippen LogP contribution in [-0.2, 0) is 6.42 Å². The van der Waals surface area contributed by atoms with Gasteiger partial charge in [-0.05, 0) is 55.0 Å². The molecule has 0 saturated carbocycles. The van der Waals surface area contributed by atoms with E-state index in [0.717, 1.165) is 11.1 Å². The van der Waals surface area contributed by atoms with Gasteiger partial charge in [-0.3, -0.25) is 0 Å². The lowest BCUT2D eigenvalue weighted by Crippen LogP contribution is -1.98. The molecule has 0 saturated heterocycles. The van der Waals surface area contributed by atoms with E-state index in [4.69, 9.17) is 42.4 Å². The number of halogens is 3. The van der Waals surface area contributed by atoms with Gasteiger partial charge < -0.3 is 13.9 Å². The molecular formula is C24H16Cl2FN3O3. The maximum atomic E-state index is 15.3. The van der Waals surface area contributed by atoms with Crippen LogP contribution in [0.25, 0.3) is 11.5 Å². The highest BCUT2D eigenvalue weighted by atomic mass is 35.5. The number of benzene rings is 3. The number of ether oxygens (including phenoxy) is 2. The predicted octanol–water partition coefficient (Wildman–Crippen LogP) is 6.75. The van der Waals surface area contributed by atoms with E-state index in [1.54, 1.807) is 13.2 Å². The first-order chi connectivity index (χ1) is 15.9. The average molecular weight is 484 g/mol. The predicted molar refractivity (Wildman–Crippen MR) is 121 cm³/mol. The summed E-state index contributed by atoms with van der Waals surface area (Å²) in [5, 5.41) is 17.6. The second-order valence-electron chi connectivity index (χ2n) is 7.10. The Kier molecular flexibility index (Phi) is 6.50. The molecule has 0 fully saturated rings. The highest BCUT2D eigenvalue weighted by Gasteiger charge is 2.19. The molecule has 3 aromatic carbocycles. The molecule has 0 atom stereocenters. The Hall–Kier alpha value is -3.60. The molecule has 4 aromatic rings. The van der Waals surface area contributed by atoms with Crippen LogP contribution in [0.5, 0.6) is 17.2 Å². The Morgan fingerprint density at radius 1 is 1.06 bits per heavy atom. The molecule has 9 heteroatoms. The van der Waals surface area contributed by atoms with Crippen molar-refractivity contribution >= 4 is 23.2 Å². The van der Waals surface area contributed by atoms with Crippen molar-refractivity contribution in [2.45, 2.75) is 13.3 Å². The van der Waals surface area contributed by atoms with Crippen molar-refractivity contribution in [2.24, 2.45) is 0 Å². The molecule has 166 valence electrons. The topological polar surface area (TPSA) is 81.2 Å². The fourth-order valence-corrected chi connectivity index (χ4v) is 3.62. The molecule has 0 unspecified atom stereocenters. The molecular weight excluding hydrogens is 468 g/mol. The summed E-state index contributed by atoms with van der Waals surface area (Å²) < 4.78 is 31.9. The van der Waals surface area contributed by atoms with Crippen LogP contribution in [0.3, 0.4) is 0 Å². The summed E-state index contributed by atoms with van der Waals surface area (Å²) >= 11 is 12.2. The zero-order chi connectivity index (χ0) is 23.5. The molecule has 33 heavy (non-hydrogen) atoms. The first kappa shape index (κ1) is 22.6. The molecule has 0 spiro atoms. The number of rotatable bonds is 6. The minimum atomic E-state index is -0.679. The van der Waals surface area contributed by atoms with Gasteiger partial charge in [0, 0.05) is 16.1 Å². The van der Waals surface area contributed by atoms with Gasteiger partial charge in [-0.15, -0.1) is 10.2 Å². The van der Waals surface area contributed by atoms with Crippen LogP contribution in [-0.4, -0.2) is 17.3 Å². The van der Waals surface area contributed by atoms with Gasteiger partial charge in [-0.25, -0.2) is 4.39 Å². The first-order valence-corrected chi connectivity index (χ1v) is 10.5. The number of methoxy groups -OCH3 is 1. The van der Waals surface area contributed by atoms with Gasteiger partial charge >= 0.3 is 0 Å². The molecule has 0 bridgehead atoms. The van der Waals surface area contributed by atoms with Crippen LogP contribution in [0.1, 0.15) is 22.6 Å². The molecule has 0 radical (unpaired) electrons. The van der Waals surface area contributed by atoms with Gasteiger partial charge in [0.05, 0.1) is 30.2 Å². The Morgan fingerprint density at radius 3 is 2.61 bits per heavy atom. The number of aromatic nitrogens is 2. The fourth-order valence-electron chi connectivity index (χ4n) is 3.21. The summed E-state index contributed by atoms with van der Waals surface area (Å²) in [6.45, 7) is 1.90. The number of nitriles is 1. The third kappa shape index (κ3) is 4.92. The van der Waals surface area contributed by atoms with Gasteiger partial charge in [0.15, 0.2) is 11.6 Å². The molecule has 0 aliphatic heterocycles. The number of aryl methyl sites for hydroxylation is 1. The zero-order valence-corrected chi connectivity index (χ0v) is 19.0. The van der Waals surface area contributed by atoms with Crippen molar-refractivity contribution in [3.63, 3.8) is 0 Å². The van der Waals surface area contributed by atoms with Crippen LogP contribution in [0.4, 0.5) is 4.39 Å². The van der Waals surface area contributed by atoms with Crippen molar-refractivity contribution < 1.29 is 18.3 Å². The zero-order valence-electron chi connectivity index (χ0n) is 17.5. The normalized spacial score (nSPS) is 10.7. The van der Waals surface area contributed by atoms with E-state index in [1.807, 2.05) is 25.1 Å². The summed E-state index contributed by atoms with van der Waals surface area (Å²) in [6.07, 6.45) is 0.0283. The highest BCUT2D eigenvalue weighted by molar-refractivity contribution is 6.32. The van der Waals surface area contributed by atoms with E-state index in [-0.39, 0.29) is 45.0 Å². The van der Waals surface area contributed by atoms with E-state index >= 15 is 4.39 Å². The maximum absolute atomic E-state index is 15.3. The molecule has 0 aliphatic rings. The van der Waals surface area contributed by atoms with Crippen molar-refractivity contribution in [3.05, 3.63) is 87.0 Å². The minimum Gasteiger partial charge on any atom is -0.497 e. The second-order valence-corrected chi connectivity index (χ2v) is 7.94. The van der Waals surface area contributed by atoms with E-state index < -0.39 is 5.82 Å². The van der Waals surface area contributed by atoms with Gasteiger partial charge in [0.2, 0.25) is 11.8 Å². The van der Waals surface area contributed by atoms with Crippen molar-refractivity contribution in [2.75, 3.05) is 7.11 Å². The van der Waals surface area contributed by atoms with E-state index in [9.17, 15) is 0 Å². The summed E-state index contributed by atoms with van der Waals surface area (Å²) in [4.78, 5) is 0. The van der Waals surface area contributed by atoms with Gasteiger partial charge in [0.25, 0.3) is 0 Å². The molecule has 4 rings (SSSR count). The Balaban J connectivity index is 1.60. The van der Waals surface area contributed by atoms with Crippen LogP contribution in [0.2, 0.25) is 10.0 Å². The number of nitrogens with zero attached hydrogens (tertiary/aromatic N) is 3. The lowest BCUT2D eigenvalue weighted by atomic mass is 10.1. The lowest BCUT2D eigenvalue weighted by molar-refractivity contribution is 0.414. The Bertz CT molecular complexity index is 1380. The quantitative estimate of drug-likeness (QED) is 0.301. The van der Waals surface area contributed by atoms with Gasteiger partial charge in [0.1, 0.15) is 11.5 Å². The smallest absolute Gasteiger partial charge is 0.248 e. The Labute approximate surface area is 199 Å². The molecule has 0 amide bonds. The molecule has 1 heterocycles. The van der Waals surface area contributed by atoms with E-state index in [1.165, 1.54) is 30.3 Å². The van der Waals surface area contributed by atoms with Gasteiger partial charge in [-0.1, -0.05) is 29.3 Å². The van der Waals surface area contributed by atoms with Crippen LogP contribution >= 0.6 is 23.2 Å². The second kappa shape index (κ2) is 9.49. The monoisotopic (exact) mass is 483 g/mol. The molecule has 0 N–H and O–H groups in total. The molecule has 0 aliphatic carbocycles. The Morgan fingerprint density at radius 2 is 1.88 bits per heavy atom. The third-order valence-corrected chi connectivity index (χ3v) is 5.34. The van der Waals surface area contributed by atoms with Crippen LogP contribution < -0.4 is 9.47 Å². The SMILES string of the molecule is COc1ccc(-c2nnc(Cc3ccc(Cl)c(Oc4cc(Cl)cc(C#N)c4)c3F)o2)c(C)c1. The maximum Gasteiger partial charge on any atom is 0.248 e. The molecule has 1 aromatic heterocycles. The lowest BCUT2D eigenvalue weighted by Gasteiger charge is -2.12. The summed E-state index contributed by atoms with van der Waals surface area (Å²) in [5.41, 5.74) is 2.18. The first-order valence-electron chi connectivity index (χ1n) is 9.70. The van der Waals surface area contributed by atoms with Crippen molar-refractivity contribution in [3.8, 4) is 34.8 Å². The average Bonchev–Trinajstić information content (AvgIpc) is 3.26. The minimum absolute atomic E-state index is 0.0283. The van der Waals surface area contributed by atoms with Crippen LogP contribution in [0.15, 0.2) is 52.9 Å². The van der Waals surface area contributed by atoms with Crippen LogP contribution in [0, 0.1) is 24.1 Å². The van der Waals surface area contributed by atoms with Gasteiger partial charge in [-0.2, -0.15) is 5.26 Å². The third-order valence-electron chi connectivity index (χ3n) is 4.82. The standard InChI is InChI=1S/C24H16Cl2FN3O3/c1-13-7-17(31-2)4-5-19(13)24-30-29-21(33-24)10-15-3-6-20(26)23(22(15)27)32-18-9-14(12-28)8-16(25)11-18/h3-9,11H,10H2,1-2H3. The fraction of sp³-hybridized carbons (Fsp3) is 0.125. The summed E-state index contributed by atoms with van der Waals surface area (Å²) in [6, 6.07) is 14.8. The molecule has 6 nitrogen and oxygen atoms in total. The van der Waals surface area contributed by atoms with Crippen molar-refractivity contribution in [1.82, 2.24) is 10.2 Å². The summed E-state index contributed by atoms with van der Waals surface area (Å²) in [7, 11) is 1.59. The largest absolute Gasteiger partial charge is 0.497 e. The van der Waals surface area contributed by atoms with Crippen molar-refractivity contribution in [1.29, 1.82) is 5.26 Å². The van der Waals surface area contributed by atoms with E-state index in [2.05, 4.69) is 10.2 Å². The van der Waals surface area contributed by atoms with E-state index in [0.29, 0.717) is 11.6 Å². The number of hydrogen-bond donors (Lipinski definition) is 0. The summed E-state index contributed by atoms with van der Waals surface area (Å²) in [5.74, 6) is 0.577. The highest BCUT2D eigenvalue weighted by Crippen LogP contribution is 2.36. The number of hydrogen-bond acceptors (Lipinski definition) is 6.